The standard InChI is InChI=1S/C39H32BrF4N3O5S/c40-31-3-1-2-24(30(31)17-45)15-29-34(41)35(42)36(43)37(44)38(29)46-53(51,52)19-33(48)47(32-11-10-25(39(49)50)16-28(32)23-8-9-23)18-20-12-26(21-4-5-21)14-27(13-20)22-6-7-22/h1-3,10-14,16,21-23,46H,4-9,15,18-19H2,(H,49,50). The molecular formula is C39H32BrF4N3O5S. The van der Waals surface area contributed by atoms with E-state index in [9.17, 15) is 37.2 Å². The van der Waals surface area contributed by atoms with Gasteiger partial charge in [-0.3, -0.25) is 9.52 Å². The maximum atomic E-state index is 15.4. The lowest BCUT2D eigenvalue weighted by molar-refractivity contribution is -0.116. The maximum Gasteiger partial charge on any atom is 0.335 e. The van der Waals surface area contributed by atoms with Crippen LogP contribution in [-0.4, -0.2) is 31.2 Å². The van der Waals surface area contributed by atoms with Crippen molar-refractivity contribution in [3.8, 4) is 6.07 Å². The van der Waals surface area contributed by atoms with Crippen LogP contribution in [-0.2, 0) is 27.8 Å². The zero-order chi connectivity index (χ0) is 37.8. The van der Waals surface area contributed by atoms with Gasteiger partial charge in [-0.25, -0.2) is 30.8 Å². The molecule has 3 saturated carbocycles. The Hall–Kier alpha value is -4.74. The van der Waals surface area contributed by atoms with Crippen molar-refractivity contribution >= 4 is 49.2 Å². The molecule has 14 heteroatoms. The molecule has 8 nitrogen and oxygen atoms in total. The SMILES string of the molecule is N#Cc1c(Br)cccc1Cc1c(F)c(F)c(F)c(F)c1NS(=O)(=O)CC(=O)N(Cc1cc(C2CC2)cc(C2CC2)c1)c1ccc(C(=O)O)cc1C1CC1. The molecule has 4 aromatic rings. The number of nitrogens with one attached hydrogen (secondary N) is 1. The smallest absolute Gasteiger partial charge is 0.335 e. The second kappa shape index (κ2) is 14.2. The minimum absolute atomic E-state index is 0.00236. The number of halogens is 5. The number of carbonyl (C=O) groups excluding carboxylic acids is 1. The first-order valence-electron chi connectivity index (χ1n) is 17.1. The molecule has 4 aromatic carbocycles. The summed E-state index contributed by atoms with van der Waals surface area (Å²) < 4.78 is 89.4. The normalized spacial score (nSPS) is 15.5. The summed E-state index contributed by atoms with van der Waals surface area (Å²) in [6.07, 6.45) is 4.89. The van der Waals surface area contributed by atoms with Crippen LogP contribution in [0.5, 0.6) is 0 Å². The number of anilines is 2. The van der Waals surface area contributed by atoms with E-state index in [4.69, 9.17) is 0 Å². The van der Waals surface area contributed by atoms with E-state index < -0.39 is 68.6 Å². The number of hydrogen-bond donors (Lipinski definition) is 2. The molecule has 3 aliphatic carbocycles. The van der Waals surface area contributed by atoms with Gasteiger partial charge in [-0.1, -0.05) is 30.3 Å². The highest BCUT2D eigenvalue weighted by Crippen LogP contribution is 2.47. The molecule has 0 spiro atoms. The zero-order valence-corrected chi connectivity index (χ0v) is 30.5. The van der Waals surface area contributed by atoms with Crippen molar-refractivity contribution in [3.05, 3.63) is 127 Å². The van der Waals surface area contributed by atoms with Crippen LogP contribution in [0.15, 0.2) is 59.1 Å². The molecular weight excluding hydrogens is 778 g/mol. The summed E-state index contributed by atoms with van der Waals surface area (Å²) in [5.41, 5.74) is 1.77. The minimum Gasteiger partial charge on any atom is -0.478 e. The van der Waals surface area contributed by atoms with Crippen LogP contribution in [0, 0.1) is 34.6 Å². The highest BCUT2D eigenvalue weighted by Gasteiger charge is 2.35. The Labute approximate surface area is 311 Å². The summed E-state index contributed by atoms with van der Waals surface area (Å²) >= 11 is 3.18. The number of nitriles is 1. The van der Waals surface area contributed by atoms with Gasteiger partial charge in [-0.2, -0.15) is 5.26 Å². The van der Waals surface area contributed by atoms with Crippen LogP contribution in [0.4, 0.5) is 28.9 Å². The van der Waals surface area contributed by atoms with Crippen LogP contribution < -0.4 is 9.62 Å². The van der Waals surface area contributed by atoms with Gasteiger partial charge < -0.3 is 10.0 Å². The van der Waals surface area contributed by atoms with Gasteiger partial charge in [0.25, 0.3) is 0 Å². The zero-order valence-electron chi connectivity index (χ0n) is 28.1. The third kappa shape index (κ3) is 7.82. The molecule has 0 saturated heterocycles. The summed E-state index contributed by atoms with van der Waals surface area (Å²) in [6.45, 7) is -0.0694. The van der Waals surface area contributed by atoms with Crippen molar-refractivity contribution < 1.29 is 40.7 Å². The Bertz CT molecular complexity index is 2310. The fraction of sp³-hybridized carbons (Fsp3) is 0.308. The van der Waals surface area contributed by atoms with E-state index in [1.54, 1.807) is 4.72 Å². The van der Waals surface area contributed by atoms with Gasteiger partial charge in [-0.15, -0.1) is 0 Å². The number of benzene rings is 4. The van der Waals surface area contributed by atoms with Gasteiger partial charge in [-0.05, 0) is 124 Å². The number of rotatable bonds is 13. The highest BCUT2D eigenvalue weighted by atomic mass is 79.9. The Morgan fingerprint density at radius 3 is 2.08 bits per heavy atom. The summed E-state index contributed by atoms with van der Waals surface area (Å²) in [7, 11) is -4.95. The van der Waals surface area contributed by atoms with Crippen molar-refractivity contribution in [3.63, 3.8) is 0 Å². The van der Waals surface area contributed by atoms with Crippen LogP contribution >= 0.6 is 15.9 Å². The lowest BCUT2D eigenvalue weighted by Crippen LogP contribution is -2.38. The number of nitrogens with zero attached hydrogens (tertiary/aromatic N) is 2. The molecule has 53 heavy (non-hydrogen) atoms. The predicted octanol–water partition coefficient (Wildman–Crippen LogP) is 8.77. The van der Waals surface area contributed by atoms with Crippen LogP contribution in [0.25, 0.3) is 0 Å². The molecule has 0 unspecified atom stereocenters. The Balaban J connectivity index is 1.26. The Morgan fingerprint density at radius 1 is 0.868 bits per heavy atom. The summed E-state index contributed by atoms with van der Waals surface area (Å²) in [5, 5.41) is 19.3. The van der Waals surface area contributed by atoms with Gasteiger partial charge in [0.1, 0.15) is 11.8 Å². The molecule has 7 rings (SSSR count). The van der Waals surface area contributed by atoms with E-state index in [0.717, 1.165) is 55.2 Å². The molecule has 0 atom stereocenters. The summed E-state index contributed by atoms with van der Waals surface area (Å²) in [4.78, 5) is 27.4. The van der Waals surface area contributed by atoms with Crippen molar-refractivity contribution in [2.45, 2.75) is 69.2 Å². The van der Waals surface area contributed by atoms with E-state index in [-0.39, 0.29) is 33.6 Å². The van der Waals surface area contributed by atoms with Crippen molar-refractivity contribution in [1.82, 2.24) is 0 Å². The number of carbonyl (C=O) groups is 2. The van der Waals surface area contributed by atoms with Gasteiger partial charge in [0.05, 0.1) is 23.4 Å². The largest absolute Gasteiger partial charge is 0.478 e. The molecule has 0 aromatic heterocycles. The molecule has 1 amide bonds. The molecule has 0 aliphatic heterocycles. The monoisotopic (exact) mass is 809 g/mol. The highest BCUT2D eigenvalue weighted by molar-refractivity contribution is 9.10. The number of carboxylic acids is 1. The lowest BCUT2D eigenvalue weighted by Gasteiger charge is -2.27. The second-order valence-corrected chi connectivity index (χ2v) is 16.5. The number of sulfonamides is 1. The predicted molar refractivity (Wildman–Crippen MR) is 192 cm³/mol. The molecule has 2 N–H and O–H groups in total. The first-order valence-corrected chi connectivity index (χ1v) is 19.5. The third-order valence-electron chi connectivity index (χ3n) is 9.87. The number of carboxylic acid groups (broad SMARTS) is 1. The van der Waals surface area contributed by atoms with Gasteiger partial charge in [0, 0.05) is 22.1 Å². The van der Waals surface area contributed by atoms with Crippen molar-refractivity contribution in [1.29, 1.82) is 5.26 Å². The van der Waals surface area contributed by atoms with E-state index in [0.29, 0.717) is 23.1 Å². The number of hydrogen-bond acceptors (Lipinski definition) is 5. The summed E-state index contributed by atoms with van der Waals surface area (Å²) in [6, 6.07) is 16.6. The molecule has 3 fully saturated rings. The van der Waals surface area contributed by atoms with E-state index in [1.807, 2.05) is 18.2 Å². The first-order chi connectivity index (χ1) is 25.2. The number of aromatic carboxylic acids is 1. The Morgan fingerprint density at radius 2 is 1.49 bits per heavy atom. The van der Waals surface area contributed by atoms with Crippen molar-refractivity contribution in [2.75, 3.05) is 15.4 Å². The fourth-order valence-electron chi connectivity index (χ4n) is 6.70. The molecule has 0 bridgehead atoms. The van der Waals surface area contributed by atoms with Crippen LogP contribution in [0.3, 0.4) is 0 Å². The Kier molecular flexibility index (Phi) is 9.84. The maximum absolute atomic E-state index is 15.4. The van der Waals surface area contributed by atoms with Gasteiger partial charge in [0.2, 0.25) is 15.9 Å². The first kappa shape index (κ1) is 36.6. The average molecular weight is 811 g/mol. The number of amides is 1. The molecule has 274 valence electrons. The van der Waals surface area contributed by atoms with Gasteiger partial charge in [0.15, 0.2) is 23.3 Å². The van der Waals surface area contributed by atoms with Crippen molar-refractivity contribution in [2.24, 2.45) is 0 Å². The van der Waals surface area contributed by atoms with Gasteiger partial charge >= 0.3 is 5.97 Å². The molecule has 0 radical (unpaired) electrons. The molecule has 0 heterocycles. The summed E-state index contributed by atoms with van der Waals surface area (Å²) in [5.74, 6) is -11.1. The van der Waals surface area contributed by atoms with E-state index >= 15 is 8.78 Å². The minimum atomic E-state index is -4.95. The lowest BCUT2D eigenvalue weighted by atomic mass is 9.98. The topological polar surface area (TPSA) is 128 Å². The molecule has 3 aliphatic rings. The quantitative estimate of drug-likeness (QED) is 0.0790. The average Bonchev–Trinajstić information content (AvgIpc) is 3.97. The third-order valence-corrected chi connectivity index (χ3v) is 11.7. The second-order valence-electron chi connectivity index (χ2n) is 13.9. The van der Waals surface area contributed by atoms with Crippen LogP contribution in [0.2, 0.25) is 0 Å². The van der Waals surface area contributed by atoms with Crippen LogP contribution in [0.1, 0.15) is 106 Å². The van der Waals surface area contributed by atoms with E-state index in [1.165, 1.54) is 41.3 Å². The van der Waals surface area contributed by atoms with E-state index in [2.05, 4.69) is 22.0 Å². The fourth-order valence-corrected chi connectivity index (χ4v) is 8.27.